The zero-order valence-electron chi connectivity index (χ0n) is 10.5. The normalized spacial score (nSPS) is 20.4. The van der Waals surface area contributed by atoms with Crippen LogP contribution in [-0.4, -0.2) is 24.5 Å². The van der Waals surface area contributed by atoms with E-state index in [0.29, 0.717) is 12.6 Å². The van der Waals surface area contributed by atoms with Gasteiger partial charge in [0.15, 0.2) is 0 Å². The summed E-state index contributed by atoms with van der Waals surface area (Å²) in [5.74, 6) is 0.805. The molecule has 1 rings (SSSR count). The Bertz CT molecular complexity index is 234. The van der Waals surface area contributed by atoms with Crippen molar-refractivity contribution < 1.29 is 4.79 Å². The Kier molecular flexibility index (Phi) is 5.53. The Balaban J connectivity index is 2.28. The van der Waals surface area contributed by atoms with Crippen molar-refractivity contribution in [2.75, 3.05) is 6.54 Å². The molecule has 1 aliphatic rings. The molecule has 0 spiro atoms. The summed E-state index contributed by atoms with van der Waals surface area (Å²) in [5, 5.41) is 6.19. The minimum absolute atomic E-state index is 0.0600. The van der Waals surface area contributed by atoms with Gasteiger partial charge in [-0.2, -0.15) is 0 Å². The fraction of sp³-hybridized carbons (Fsp3) is 0.769. The van der Waals surface area contributed by atoms with E-state index in [-0.39, 0.29) is 11.9 Å². The number of nitrogens with one attached hydrogen (secondary N) is 2. The molecule has 0 radical (unpaired) electrons. The van der Waals surface area contributed by atoms with Crippen LogP contribution < -0.4 is 10.6 Å². The van der Waals surface area contributed by atoms with E-state index in [1.165, 1.54) is 25.7 Å². The van der Waals surface area contributed by atoms with Gasteiger partial charge in [0, 0.05) is 12.6 Å². The second-order valence-electron chi connectivity index (χ2n) is 4.76. The van der Waals surface area contributed by atoms with Crippen molar-refractivity contribution in [2.24, 2.45) is 5.92 Å². The van der Waals surface area contributed by atoms with Gasteiger partial charge in [-0.1, -0.05) is 18.9 Å². The topological polar surface area (TPSA) is 41.1 Å². The van der Waals surface area contributed by atoms with E-state index in [2.05, 4.69) is 24.1 Å². The number of carbonyl (C=O) groups is 1. The average Bonchev–Trinajstić information content (AvgIpc) is 2.79. The zero-order chi connectivity index (χ0) is 12.0. The molecule has 1 saturated carbocycles. The lowest BCUT2D eigenvalue weighted by molar-refractivity contribution is -0.122. The van der Waals surface area contributed by atoms with Crippen LogP contribution in [0.3, 0.4) is 0 Å². The van der Waals surface area contributed by atoms with Crippen LogP contribution in [0.5, 0.6) is 0 Å². The van der Waals surface area contributed by atoms with E-state index >= 15 is 0 Å². The Labute approximate surface area is 98.7 Å². The summed E-state index contributed by atoms with van der Waals surface area (Å²) in [5.41, 5.74) is 0. The fourth-order valence-corrected chi connectivity index (χ4v) is 2.39. The molecule has 92 valence electrons. The molecule has 2 atom stereocenters. The van der Waals surface area contributed by atoms with Gasteiger partial charge in [-0.25, -0.2) is 0 Å². The van der Waals surface area contributed by atoms with Crippen molar-refractivity contribution in [1.29, 1.82) is 0 Å². The third kappa shape index (κ3) is 3.97. The first-order valence-electron chi connectivity index (χ1n) is 6.29. The van der Waals surface area contributed by atoms with Crippen molar-refractivity contribution in [2.45, 2.75) is 51.6 Å². The smallest absolute Gasteiger partial charge is 0.237 e. The second kappa shape index (κ2) is 6.69. The maximum Gasteiger partial charge on any atom is 0.237 e. The van der Waals surface area contributed by atoms with Gasteiger partial charge in [0.2, 0.25) is 5.91 Å². The lowest BCUT2D eigenvalue weighted by Gasteiger charge is -2.24. The fourth-order valence-electron chi connectivity index (χ4n) is 2.39. The summed E-state index contributed by atoms with van der Waals surface area (Å²) in [6, 6.07) is 0.322. The van der Waals surface area contributed by atoms with Crippen LogP contribution in [-0.2, 0) is 4.79 Å². The number of hydrogen-bond donors (Lipinski definition) is 2. The molecule has 0 saturated heterocycles. The van der Waals surface area contributed by atoms with Gasteiger partial charge in [-0.15, -0.1) is 6.58 Å². The molecule has 0 aromatic rings. The van der Waals surface area contributed by atoms with Crippen molar-refractivity contribution in [3.05, 3.63) is 12.7 Å². The molecular formula is C13H24N2O. The van der Waals surface area contributed by atoms with E-state index in [1.807, 2.05) is 6.92 Å². The monoisotopic (exact) mass is 224 g/mol. The van der Waals surface area contributed by atoms with Crippen LogP contribution in [0, 0.1) is 5.92 Å². The quantitative estimate of drug-likeness (QED) is 0.676. The van der Waals surface area contributed by atoms with Crippen LogP contribution in [0.15, 0.2) is 12.7 Å². The molecule has 0 aliphatic heterocycles. The standard InChI is InChI=1S/C13H24N2O/c1-4-9-14-13(16)11(3)15-10(2)12-7-5-6-8-12/h4,10-12,15H,1,5-9H2,2-3H3,(H,14,16)/t10-,11?/m1/s1. The van der Waals surface area contributed by atoms with Crippen LogP contribution in [0.1, 0.15) is 39.5 Å². The molecule has 16 heavy (non-hydrogen) atoms. The Morgan fingerprint density at radius 2 is 2.06 bits per heavy atom. The molecule has 0 heterocycles. The van der Waals surface area contributed by atoms with Crippen LogP contribution in [0.4, 0.5) is 0 Å². The third-order valence-corrected chi connectivity index (χ3v) is 3.43. The van der Waals surface area contributed by atoms with Crippen molar-refractivity contribution in [3.63, 3.8) is 0 Å². The highest BCUT2D eigenvalue weighted by molar-refractivity contribution is 5.81. The highest BCUT2D eigenvalue weighted by Crippen LogP contribution is 2.27. The highest BCUT2D eigenvalue weighted by atomic mass is 16.2. The third-order valence-electron chi connectivity index (χ3n) is 3.43. The zero-order valence-corrected chi connectivity index (χ0v) is 10.5. The predicted molar refractivity (Wildman–Crippen MR) is 67.2 cm³/mol. The molecule has 0 bridgehead atoms. The molecule has 3 nitrogen and oxygen atoms in total. The van der Waals surface area contributed by atoms with Crippen molar-refractivity contribution in [3.8, 4) is 0 Å². The van der Waals surface area contributed by atoms with Crippen molar-refractivity contribution in [1.82, 2.24) is 10.6 Å². The maximum absolute atomic E-state index is 11.6. The molecule has 2 N–H and O–H groups in total. The summed E-state index contributed by atoms with van der Waals surface area (Å²) in [6.07, 6.45) is 6.98. The first kappa shape index (κ1) is 13.2. The second-order valence-corrected chi connectivity index (χ2v) is 4.76. The van der Waals surface area contributed by atoms with Crippen molar-refractivity contribution >= 4 is 5.91 Å². The SMILES string of the molecule is C=CCNC(=O)C(C)N[C@H](C)C1CCCC1. The van der Waals surface area contributed by atoms with E-state index in [4.69, 9.17) is 0 Å². The largest absolute Gasteiger partial charge is 0.351 e. The summed E-state index contributed by atoms with van der Waals surface area (Å²) in [6.45, 7) is 8.23. The molecular weight excluding hydrogens is 200 g/mol. The molecule has 3 heteroatoms. The van der Waals surface area contributed by atoms with Gasteiger partial charge >= 0.3 is 0 Å². The lowest BCUT2D eigenvalue weighted by atomic mass is 9.99. The summed E-state index contributed by atoms with van der Waals surface area (Å²) in [7, 11) is 0. The minimum Gasteiger partial charge on any atom is -0.351 e. The molecule has 0 aromatic carbocycles. The first-order valence-corrected chi connectivity index (χ1v) is 6.29. The van der Waals surface area contributed by atoms with Gasteiger partial charge in [-0.3, -0.25) is 4.79 Å². The Morgan fingerprint density at radius 1 is 1.44 bits per heavy atom. The maximum atomic E-state index is 11.6. The number of carbonyl (C=O) groups excluding carboxylic acids is 1. The van der Waals surface area contributed by atoms with E-state index < -0.39 is 0 Å². The Hall–Kier alpha value is -0.830. The van der Waals surface area contributed by atoms with Crippen LogP contribution >= 0.6 is 0 Å². The van der Waals surface area contributed by atoms with Crippen LogP contribution in [0.2, 0.25) is 0 Å². The molecule has 1 amide bonds. The number of rotatable bonds is 6. The first-order chi connectivity index (χ1) is 7.65. The minimum atomic E-state index is -0.115. The van der Waals surface area contributed by atoms with E-state index in [9.17, 15) is 4.79 Å². The number of amides is 1. The van der Waals surface area contributed by atoms with Gasteiger partial charge in [0.1, 0.15) is 0 Å². The van der Waals surface area contributed by atoms with E-state index in [0.717, 1.165) is 5.92 Å². The predicted octanol–water partition coefficient (Wildman–Crippen LogP) is 1.85. The number of hydrogen-bond acceptors (Lipinski definition) is 2. The molecule has 1 unspecified atom stereocenters. The van der Waals surface area contributed by atoms with Gasteiger partial charge in [0.05, 0.1) is 6.04 Å². The molecule has 1 aliphatic carbocycles. The molecule has 0 aromatic heterocycles. The average molecular weight is 224 g/mol. The van der Waals surface area contributed by atoms with Gasteiger partial charge < -0.3 is 10.6 Å². The molecule has 1 fully saturated rings. The lowest BCUT2D eigenvalue weighted by Crippen LogP contribution is -2.47. The summed E-state index contributed by atoms with van der Waals surface area (Å²) in [4.78, 5) is 11.6. The van der Waals surface area contributed by atoms with Gasteiger partial charge in [-0.05, 0) is 32.6 Å². The van der Waals surface area contributed by atoms with Crippen LogP contribution in [0.25, 0.3) is 0 Å². The van der Waals surface area contributed by atoms with E-state index in [1.54, 1.807) is 6.08 Å². The summed E-state index contributed by atoms with van der Waals surface area (Å²) >= 11 is 0. The summed E-state index contributed by atoms with van der Waals surface area (Å²) < 4.78 is 0. The highest BCUT2D eigenvalue weighted by Gasteiger charge is 2.24. The van der Waals surface area contributed by atoms with Gasteiger partial charge in [0.25, 0.3) is 0 Å². The Morgan fingerprint density at radius 3 is 2.62 bits per heavy atom.